The zero-order chi connectivity index (χ0) is 46.5. The number of methoxy groups -OCH3 is 1. The molecule has 2 aromatic carbocycles. The standard InChI is InChI=1S/C51H61N7O7/c1-10-14-40(59)57-26-30(4)36(27-57)48(61)56(8)44(29(2)3)47(60)53-38-24-31-15-11-16-32(23-31)33-19-20-39-35(25-33)41-42(46(64-9)43-34(17-12-21-52-43)45(41)55(39)7)51(5,6)28-65-50(63)37-18-13-22-58(54-37)49(38)62/h11-12,15-17,19-21,23,25,29-30,36-38,42,44,46,54H,13,18,22,24,26-28H2,1-9H3,(H,53,60)/t30-,36+,37-,38?,42?,44-,46?/m0/s1. The van der Waals surface area contributed by atoms with Crippen LogP contribution in [0, 0.1) is 35.0 Å². The van der Waals surface area contributed by atoms with E-state index in [0.717, 1.165) is 50.1 Å². The second-order valence-corrected chi connectivity index (χ2v) is 19.3. The fraction of sp³-hybridized carbons (Fsp3) is 0.490. The molecule has 8 rings (SSSR count). The smallest absolute Gasteiger partial charge is 0.324 e. The minimum absolute atomic E-state index is 0.0739. The number of hydrogen-bond donors (Lipinski definition) is 2. The van der Waals surface area contributed by atoms with Gasteiger partial charge in [0.25, 0.3) is 11.8 Å². The fourth-order valence-electron chi connectivity index (χ4n) is 10.8. The Morgan fingerprint density at radius 1 is 1.06 bits per heavy atom. The van der Waals surface area contributed by atoms with E-state index in [4.69, 9.17) is 14.5 Å². The summed E-state index contributed by atoms with van der Waals surface area (Å²) < 4.78 is 14.8. The van der Waals surface area contributed by atoms with Crippen molar-refractivity contribution in [1.29, 1.82) is 0 Å². The molecule has 342 valence electrons. The number of fused-ring (bicyclic) bond motifs is 8. The van der Waals surface area contributed by atoms with E-state index in [2.05, 4.69) is 78.4 Å². The molecule has 5 heterocycles. The number of aromatic nitrogens is 2. The first-order valence-electron chi connectivity index (χ1n) is 22.8. The number of likely N-dealkylation sites (tertiary alicyclic amines) is 1. The SMILES string of the molecule is CC#CC(=O)N1C[C@H](C)[C@H](C(=O)N(C)[C@H](C(=O)NC2Cc3cccc(c3)-c3ccc4c(c3)c3c(n4C)-c4cccnc4C(OC)C3C(C)(C)COC(=O)[C@@H]3CCCN(N3)C2=O)C(C)C)C1. The Balaban J connectivity index is 1.17. The molecule has 4 aromatic rings. The number of ether oxygens (including phenoxy) is 2. The lowest BCUT2D eigenvalue weighted by molar-refractivity contribution is -0.156. The number of nitrogens with zero attached hydrogens (tertiary/aromatic N) is 5. The van der Waals surface area contributed by atoms with Crippen LogP contribution < -0.4 is 10.7 Å². The third kappa shape index (κ3) is 8.40. The average molecular weight is 884 g/mol. The first kappa shape index (κ1) is 45.5. The number of hydrogen-bond acceptors (Lipinski definition) is 9. The van der Waals surface area contributed by atoms with Crippen LogP contribution in [0.25, 0.3) is 33.3 Å². The summed E-state index contributed by atoms with van der Waals surface area (Å²) >= 11 is 0. The van der Waals surface area contributed by atoms with Crippen LogP contribution >= 0.6 is 0 Å². The lowest BCUT2D eigenvalue weighted by atomic mass is 9.67. The zero-order valence-corrected chi connectivity index (χ0v) is 38.9. The number of hydrazine groups is 1. The fourth-order valence-corrected chi connectivity index (χ4v) is 10.8. The quantitative estimate of drug-likeness (QED) is 0.192. The largest absolute Gasteiger partial charge is 0.464 e. The Morgan fingerprint density at radius 2 is 1.83 bits per heavy atom. The van der Waals surface area contributed by atoms with Gasteiger partial charge in [-0.15, -0.1) is 0 Å². The van der Waals surface area contributed by atoms with Gasteiger partial charge in [-0.1, -0.05) is 70.9 Å². The van der Waals surface area contributed by atoms with Gasteiger partial charge in [0.2, 0.25) is 11.8 Å². The van der Waals surface area contributed by atoms with Crippen molar-refractivity contribution in [2.75, 3.05) is 40.4 Å². The van der Waals surface area contributed by atoms with Gasteiger partial charge in [-0.2, -0.15) is 0 Å². The van der Waals surface area contributed by atoms with E-state index in [1.54, 1.807) is 32.2 Å². The highest BCUT2D eigenvalue weighted by atomic mass is 16.5. The number of benzene rings is 2. The number of aryl methyl sites for hydroxylation is 1. The summed E-state index contributed by atoms with van der Waals surface area (Å²) in [6, 6.07) is 15.7. The summed E-state index contributed by atoms with van der Waals surface area (Å²) in [6.45, 7) is 12.4. The first-order chi connectivity index (χ1) is 31.0. The monoisotopic (exact) mass is 883 g/mol. The molecule has 1 aliphatic carbocycles. The predicted octanol–water partition coefficient (Wildman–Crippen LogP) is 5.40. The number of rotatable bonds is 6. The van der Waals surface area contributed by atoms with Gasteiger partial charge in [0, 0.05) is 81.3 Å². The van der Waals surface area contributed by atoms with Crippen LogP contribution in [0.3, 0.4) is 0 Å². The van der Waals surface area contributed by atoms with Crippen molar-refractivity contribution < 1.29 is 33.4 Å². The molecule has 4 amide bonds. The zero-order valence-electron chi connectivity index (χ0n) is 38.9. The van der Waals surface area contributed by atoms with Crippen LogP contribution in [0.15, 0.2) is 60.8 Å². The van der Waals surface area contributed by atoms with E-state index in [1.807, 2.05) is 45.0 Å². The number of nitrogens with one attached hydrogen (secondary N) is 2. The third-order valence-corrected chi connectivity index (χ3v) is 14.1. The average Bonchev–Trinajstić information content (AvgIpc) is 3.83. The molecule has 3 unspecified atom stereocenters. The predicted molar refractivity (Wildman–Crippen MR) is 246 cm³/mol. The molecule has 6 bridgehead atoms. The molecule has 2 N–H and O–H groups in total. The van der Waals surface area contributed by atoms with Crippen molar-refractivity contribution in [3.63, 3.8) is 0 Å². The summed E-state index contributed by atoms with van der Waals surface area (Å²) in [6.07, 6.45) is 2.49. The Morgan fingerprint density at radius 3 is 2.57 bits per heavy atom. The number of carbonyl (C=O) groups excluding carboxylic acids is 5. The van der Waals surface area contributed by atoms with Crippen LogP contribution in [-0.4, -0.2) is 112 Å². The second-order valence-electron chi connectivity index (χ2n) is 19.3. The van der Waals surface area contributed by atoms with Gasteiger partial charge in [0.15, 0.2) is 0 Å². The summed E-state index contributed by atoms with van der Waals surface area (Å²) in [4.78, 5) is 78.1. The lowest BCUT2D eigenvalue weighted by Crippen LogP contribution is -2.62. The van der Waals surface area contributed by atoms with Crippen molar-refractivity contribution in [3.8, 4) is 34.2 Å². The molecule has 14 heteroatoms. The molecular weight excluding hydrogens is 823 g/mol. The highest BCUT2D eigenvalue weighted by molar-refractivity contribution is 5.98. The van der Waals surface area contributed by atoms with E-state index in [-0.39, 0.29) is 49.1 Å². The van der Waals surface area contributed by atoms with Crippen LogP contribution in [0.5, 0.6) is 0 Å². The molecule has 2 saturated heterocycles. The van der Waals surface area contributed by atoms with Crippen molar-refractivity contribution >= 4 is 40.5 Å². The molecule has 4 aliphatic rings. The molecule has 2 fully saturated rings. The first-order valence-corrected chi connectivity index (χ1v) is 22.8. The molecule has 14 nitrogen and oxygen atoms in total. The van der Waals surface area contributed by atoms with Gasteiger partial charge in [-0.3, -0.25) is 34.0 Å². The Labute approximate surface area is 381 Å². The molecule has 0 spiro atoms. The van der Waals surface area contributed by atoms with Crippen molar-refractivity contribution in [3.05, 3.63) is 77.6 Å². The van der Waals surface area contributed by atoms with Crippen LogP contribution in [0.4, 0.5) is 0 Å². The number of carbonyl (C=O) groups is 5. The number of esters is 1. The summed E-state index contributed by atoms with van der Waals surface area (Å²) in [5.74, 6) is 2.04. The molecular formula is C51H61N7O7. The topological polar surface area (TPSA) is 155 Å². The number of cyclic esters (lactones) is 1. The molecule has 65 heavy (non-hydrogen) atoms. The van der Waals surface area contributed by atoms with Gasteiger partial charge in [0.05, 0.1) is 23.9 Å². The lowest BCUT2D eigenvalue weighted by Gasteiger charge is -2.42. The van der Waals surface area contributed by atoms with E-state index < -0.39 is 53.3 Å². The van der Waals surface area contributed by atoms with E-state index in [1.165, 1.54) is 9.91 Å². The number of amides is 4. The minimum atomic E-state index is -1.06. The highest BCUT2D eigenvalue weighted by Gasteiger charge is 2.48. The van der Waals surface area contributed by atoms with Crippen LogP contribution in [0.2, 0.25) is 0 Å². The van der Waals surface area contributed by atoms with Crippen LogP contribution in [0.1, 0.15) is 83.2 Å². The van der Waals surface area contributed by atoms with Gasteiger partial charge < -0.3 is 29.2 Å². The number of pyridine rings is 1. The van der Waals surface area contributed by atoms with Gasteiger partial charge in [0.1, 0.15) is 24.2 Å². The number of likely N-dealkylation sites (N-methyl/N-ethyl adjacent to an activating group) is 1. The van der Waals surface area contributed by atoms with E-state index in [9.17, 15) is 24.0 Å². The minimum Gasteiger partial charge on any atom is -0.464 e. The Hall–Kier alpha value is -6.04. The maximum absolute atomic E-state index is 14.8. The van der Waals surface area contributed by atoms with Gasteiger partial charge in [-0.05, 0) is 84.0 Å². The van der Waals surface area contributed by atoms with Crippen LogP contribution in [-0.2, 0) is 46.9 Å². The normalized spacial score (nSPS) is 24.3. The van der Waals surface area contributed by atoms with Gasteiger partial charge in [-0.25, -0.2) is 5.43 Å². The third-order valence-electron chi connectivity index (χ3n) is 14.1. The van der Waals surface area contributed by atoms with E-state index in [0.29, 0.717) is 25.9 Å². The molecule has 2 aromatic heterocycles. The molecule has 7 atom stereocenters. The molecule has 0 saturated carbocycles. The van der Waals surface area contributed by atoms with Crippen molar-refractivity contribution in [2.24, 2.45) is 30.2 Å². The second kappa shape index (κ2) is 18.1. The Bertz CT molecular complexity index is 2610. The molecule has 0 radical (unpaired) electrons. The maximum Gasteiger partial charge on any atom is 0.324 e. The highest BCUT2D eigenvalue weighted by Crippen LogP contribution is 2.56. The van der Waals surface area contributed by atoms with Crippen molar-refractivity contribution in [1.82, 2.24) is 35.1 Å². The van der Waals surface area contributed by atoms with Gasteiger partial charge >= 0.3 is 5.97 Å². The summed E-state index contributed by atoms with van der Waals surface area (Å²) in [5.41, 5.74) is 10.3. The maximum atomic E-state index is 14.8. The van der Waals surface area contributed by atoms with Crippen molar-refractivity contribution in [2.45, 2.75) is 91.0 Å². The summed E-state index contributed by atoms with van der Waals surface area (Å²) in [5, 5.41) is 5.55. The van der Waals surface area contributed by atoms with E-state index >= 15 is 0 Å². The molecule has 3 aliphatic heterocycles. The Kier molecular flexibility index (Phi) is 12.7. The summed E-state index contributed by atoms with van der Waals surface area (Å²) in [7, 11) is 5.39.